The van der Waals surface area contributed by atoms with Gasteiger partial charge in [-0.15, -0.1) is 0 Å². The second kappa shape index (κ2) is 5.74. The van der Waals surface area contributed by atoms with Crippen LogP contribution in [0.1, 0.15) is 13.3 Å². The number of rotatable bonds is 5. The summed E-state index contributed by atoms with van der Waals surface area (Å²) in [7, 11) is 0. The molecular weight excluding hydrogens is 266 g/mol. The van der Waals surface area contributed by atoms with Crippen LogP contribution in [0.5, 0.6) is 5.75 Å². The Labute approximate surface area is 114 Å². The highest BCUT2D eigenvalue weighted by Crippen LogP contribution is 2.38. The molecule has 1 amide bonds. The number of nitrogens with one attached hydrogen (secondary N) is 2. The first-order valence-electron chi connectivity index (χ1n) is 6.17. The van der Waals surface area contributed by atoms with Crippen molar-refractivity contribution in [2.45, 2.75) is 19.4 Å². The van der Waals surface area contributed by atoms with Crippen LogP contribution < -0.4 is 15.4 Å². The fourth-order valence-electron chi connectivity index (χ4n) is 1.88. The minimum Gasteiger partial charge on any atom is -0.481 e. The molecule has 0 radical (unpaired) electrons. The molecule has 0 fully saturated rings. The average Bonchev–Trinajstić information content (AvgIpc) is 2.43. The maximum absolute atomic E-state index is 11.3. The molecular formula is C12H15N3O5. The summed E-state index contributed by atoms with van der Waals surface area (Å²) in [6, 6.07) is 2.41. The largest absolute Gasteiger partial charge is 0.481 e. The summed E-state index contributed by atoms with van der Waals surface area (Å²) in [5.41, 5.74) is 0.453. The molecule has 0 bridgehead atoms. The Balaban J connectivity index is 2.40. The van der Waals surface area contributed by atoms with Gasteiger partial charge in [0.05, 0.1) is 23.3 Å². The molecule has 1 heterocycles. The van der Waals surface area contributed by atoms with Crippen molar-refractivity contribution in [2.75, 3.05) is 23.8 Å². The zero-order valence-electron chi connectivity index (χ0n) is 10.9. The van der Waals surface area contributed by atoms with Gasteiger partial charge in [0.25, 0.3) is 11.6 Å². The van der Waals surface area contributed by atoms with Crippen LogP contribution in [0.4, 0.5) is 17.1 Å². The molecule has 8 heteroatoms. The van der Waals surface area contributed by atoms with Crippen LogP contribution in [0, 0.1) is 10.1 Å². The highest BCUT2D eigenvalue weighted by Gasteiger charge is 2.24. The first-order chi connectivity index (χ1) is 9.55. The molecule has 0 aliphatic carbocycles. The SMILES string of the molecule is CCC(CO)Nc1cc2c(cc1[N+](=O)[O-])OCC(=O)N2. The summed E-state index contributed by atoms with van der Waals surface area (Å²) >= 11 is 0. The van der Waals surface area contributed by atoms with E-state index in [1.165, 1.54) is 12.1 Å². The summed E-state index contributed by atoms with van der Waals surface area (Å²) in [6.07, 6.45) is 0.605. The van der Waals surface area contributed by atoms with Crippen molar-refractivity contribution in [2.24, 2.45) is 0 Å². The lowest BCUT2D eigenvalue weighted by atomic mass is 10.1. The van der Waals surface area contributed by atoms with Crippen LogP contribution in [-0.4, -0.2) is 35.2 Å². The Morgan fingerprint density at radius 2 is 2.35 bits per heavy atom. The quantitative estimate of drug-likeness (QED) is 0.550. The van der Waals surface area contributed by atoms with Crippen molar-refractivity contribution >= 4 is 23.0 Å². The Bertz CT molecular complexity index is 542. The van der Waals surface area contributed by atoms with E-state index in [9.17, 15) is 20.0 Å². The van der Waals surface area contributed by atoms with Gasteiger partial charge in [-0.25, -0.2) is 0 Å². The van der Waals surface area contributed by atoms with Crippen molar-refractivity contribution < 1.29 is 19.6 Å². The highest BCUT2D eigenvalue weighted by atomic mass is 16.6. The predicted octanol–water partition coefficient (Wildman–Crippen LogP) is 1.11. The number of ether oxygens (including phenoxy) is 1. The molecule has 0 saturated carbocycles. The number of aliphatic hydroxyl groups is 1. The Kier molecular flexibility index (Phi) is 4.04. The van der Waals surface area contributed by atoms with Gasteiger partial charge in [-0.3, -0.25) is 14.9 Å². The number of nitro benzene ring substituents is 1. The number of hydrogen-bond donors (Lipinski definition) is 3. The van der Waals surface area contributed by atoms with Crippen LogP contribution in [0.3, 0.4) is 0 Å². The summed E-state index contributed by atoms with van der Waals surface area (Å²) in [6.45, 7) is 1.54. The monoisotopic (exact) mass is 281 g/mol. The fraction of sp³-hybridized carbons (Fsp3) is 0.417. The normalized spacial score (nSPS) is 14.8. The Morgan fingerprint density at radius 1 is 1.60 bits per heavy atom. The second-order valence-electron chi connectivity index (χ2n) is 4.39. The molecule has 3 N–H and O–H groups in total. The molecule has 8 nitrogen and oxygen atoms in total. The van der Waals surface area contributed by atoms with Crippen LogP contribution in [0.25, 0.3) is 0 Å². The van der Waals surface area contributed by atoms with Crippen LogP contribution in [-0.2, 0) is 4.79 Å². The molecule has 2 rings (SSSR count). The molecule has 1 aliphatic heterocycles. The molecule has 1 aromatic rings. The Morgan fingerprint density at radius 3 is 2.95 bits per heavy atom. The van der Waals surface area contributed by atoms with Crippen molar-refractivity contribution in [3.63, 3.8) is 0 Å². The third-order valence-corrected chi connectivity index (χ3v) is 3.00. The molecule has 1 atom stereocenters. The van der Waals surface area contributed by atoms with Crippen molar-refractivity contribution in [1.29, 1.82) is 0 Å². The van der Waals surface area contributed by atoms with E-state index in [1.54, 1.807) is 0 Å². The molecule has 0 spiro atoms. The summed E-state index contributed by atoms with van der Waals surface area (Å²) < 4.78 is 5.15. The zero-order chi connectivity index (χ0) is 14.7. The number of hydrogen-bond acceptors (Lipinski definition) is 6. The third-order valence-electron chi connectivity index (χ3n) is 3.00. The van der Waals surface area contributed by atoms with Crippen molar-refractivity contribution in [3.05, 3.63) is 22.2 Å². The van der Waals surface area contributed by atoms with Crippen molar-refractivity contribution in [1.82, 2.24) is 0 Å². The number of carbonyl (C=O) groups is 1. The maximum atomic E-state index is 11.3. The number of anilines is 2. The lowest BCUT2D eigenvalue weighted by Gasteiger charge is -2.21. The number of aliphatic hydroxyl groups excluding tert-OH is 1. The number of amides is 1. The van der Waals surface area contributed by atoms with E-state index in [0.717, 1.165) is 0 Å². The predicted molar refractivity (Wildman–Crippen MR) is 72.0 cm³/mol. The van der Waals surface area contributed by atoms with Crippen LogP contribution >= 0.6 is 0 Å². The van der Waals surface area contributed by atoms with E-state index >= 15 is 0 Å². The molecule has 0 saturated heterocycles. The molecule has 1 aliphatic rings. The van der Waals surface area contributed by atoms with E-state index in [2.05, 4.69) is 10.6 Å². The van der Waals surface area contributed by atoms with E-state index in [-0.39, 0.29) is 42.3 Å². The minimum atomic E-state index is -0.535. The fourth-order valence-corrected chi connectivity index (χ4v) is 1.88. The third kappa shape index (κ3) is 2.80. The lowest BCUT2D eigenvalue weighted by molar-refractivity contribution is -0.384. The van der Waals surface area contributed by atoms with E-state index in [1.807, 2.05) is 6.92 Å². The molecule has 1 aromatic carbocycles. The van der Waals surface area contributed by atoms with Gasteiger partial charge in [-0.05, 0) is 12.5 Å². The van der Waals surface area contributed by atoms with Crippen LogP contribution in [0.15, 0.2) is 12.1 Å². The first-order valence-corrected chi connectivity index (χ1v) is 6.17. The minimum absolute atomic E-state index is 0.145. The molecule has 20 heavy (non-hydrogen) atoms. The Hall–Kier alpha value is -2.35. The van der Waals surface area contributed by atoms with Gasteiger partial charge in [-0.2, -0.15) is 0 Å². The van der Waals surface area contributed by atoms with Gasteiger partial charge in [0.1, 0.15) is 5.69 Å². The molecule has 0 aromatic heterocycles. The topological polar surface area (TPSA) is 114 Å². The van der Waals surface area contributed by atoms with Gasteiger partial charge in [-0.1, -0.05) is 6.92 Å². The van der Waals surface area contributed by atoms with Gasteiger partial charge < -0.3 is 20.5 Å². The number of nitrogens with zero attached hydrogens (tertiary/aromatic N) is 1. The number of fused-ring (bicyclic) bond motifs is 1. The molecule has 108 valence electrons. The van der Waals surface area contributed by atoms with E-state index in [0.29, 0.717) is 12.1 Å². The van der Waals surface area contributed by atoms with Gasteiger partial charge >= 0.3 is 0 Å². The summed E-state index contributed by atoms with van der Waals surface area (Å²) in [4.78, 5) is 21.8. The van der Waals surface area contributed by atoms with E-state index in [4.69, 9.17) is 4.74 Å². The zero-order valence-corrected chi connectivity index (χ0v) is 10.9. The lowest BCUT2D eigenvalue weighted by Crippen LogP contribution is -2.26. The summed E-state index contributed by atoms with van der Waals surface area (Å²) in [5.74, 6) is -0.0506. The van der Waals surface area contributed by atoms with Gasteiger partial charge in [0.2, 0.25) is 0 Å². The van der Waals surface area contributed by atoms with E-state index < -0.39 is 4.92 Å². The smallest absolute Gasteiger partial charge is 0.296 e. The van der Waals surface area contributed by atoms with Crippen LogP contribution in [0.2, 0.25) is 0 Å². The number of nitro groups is 1. The average molecular weight is 281 g/mol. The van der Waals surface area contributed by atoms with Gasteiger partial charge in [0.15, 0.2) is 12.4 Å². The second-order valence-corrected chi connectivity index (χ2v) is 4.39. The standard InChI is InChI=1S/C12H15N3O5/c1-2-7(5-16)13-8-3-9-11(4-10(8)15(18)19)20-6-12(17)14-9/h3-4,7,13,16H,2,5-6H2,1H3,(H,14,17). The number of benzene rings is 1. The maximum Gasteiger partial charge on any atom is 0.296 e. The highest BCUT2D eigenvalue weighted by molar-refractivity contribution is 5.96. The first kappa shape index (κ1) is 14.1. The number of carbonyl (C=O) groups excluding carboxylic acids is 1. The molecule has 1 unspecified atom stereocenters. The summed E-state index contributed by atoms with van der Waals surface area (Å²) in [5, 5.41) is 25.7. The van der Waals surface area contributed by atoms with Crippen molar-refractivity contribution in [3.8, 4) is 5.75 Å². The van der Waals surface area contributed by atoms with Gasteiger partial charge in [0, 0.05) is 6.04 Å².